The molecule has 7 heteroatoms. The summed E-state index contributed by atoms with van der Waals surface area (Å²) in [5.74, 6) is 0. The summed E-state index contributed by atoms with van der Waals surface area (Å²) in [6, 6.07) is 9.95. The van der Waals surface area contributed by atoms with Gasteiger partial charge in [0.05, 0.1) is 21.8 Å². The van der Waals surface area contributed by atoms with Crippen LogP contribution in [0, 0.1) is 14.9 Å². The predicted molar refractivity (Wildman–Crippen MR) is 113 cm³/mol. The lowest BCUT2D eigenvalue weighted by Crippen LogP contribution is -2.34. The number of aryl methyl sites for hydroxylation is 1. The number of rotatable bonds is 3. The third-order valence-electron chi connectivity index (χ3n) is 4.47. The molecule has 1 aliphatic carbocycles. The first kappa shape index (κ1) is 17.1. The van der Waals surface area contributed by atoms with E-state index < -0.39 is 0 Å². The Morgan fingerprint density at radius 2 is 2.12 bits per heavy atom. The summed E-state index contributed by atoms with van der Waals surface area (Å²) in [6.07, 6.45) is 4.75. The molecule has 0 spiro atoms. The molecule has 0 unspecified atom stereocenters. The first-order valence-electron chi connectivity index (χ1n) is 8.16. The highest BCUT2D eigenvalue weighted by Crippen LogP contribution is 2.38. The van der Waals surface area contributed by atoms with Crippen LogP contribution in [0.2, 0.25) is 0 Å². The summed E-state index contributed by atoms with van der Waals surface area (Å²) in [4.78, 5) is 14.0. The second kappa shape index (κ2) is 6.78. The minimum atomic E-state index is -0.175. The molecule has 0 radical (unpaired) electrons. The van der Waals surface area contributed by atoms with Crippen LogP contribution >= 0.6 is 33.9 Å². The maximum atomic E-state index is 12.7. The maximum absolute atomic E-state index is 12.7. The predicted octanol–water partition coefficient (Wildman–Crippen LogP) is 2.45. The zero-order valence-corrected chi connectivity index (χ0v) is 16.8. The fraction of sp³-hybridized carbons (Fsp3) is 0.158. The number of benzene rings is 1. The van der Waals surface area contributed by atoms with E-state index in [1.165, 1.54) is 9.56 Å². The zero-order chi connectivity index (χ0) is 18.3. The smallest absolute Gasteiger partial charge is 0.280 e. The molecule has 0 saturated heterocycles. The van der Waals surface area contributed by atoms with E-state index in [0.29, 0.717) is 16.1 Å². The van der Waals surface area contributed by atoms with Crippen molar-refractivity contribution in [2.45, 2.75) is 19.3 Å². The normalized spacial score (nSPS) is 13.6. The van der Waals surface area contributed by atoms with Crippen molar-refractivity contribution in [1.29, 1.82) is 5.26 Å². The Balaban J connectivity index is 1.74. The van der Waals surface area contributed by atoms with Crippen LogP contribution in [-0.4, -0.2) is 9.78 Å². The van der Waals surface area contributed by atoms with Crippen molar-refractivity contribution in [1.82, 2.24) is 9.78 Å². The number of nitrogens with one attached hydrogen (secondary N) is 2. The van der Waals surface area contributed by atoms with Gasteiger partial charge in [-0.05, 0) is 71.7 Å². The quantitative estimate of drug-likeness (QED) is 0.573. The molecule has 0 aliphatic heterocycles. The zero-order valence-electron chi connectivity index (χ0n) is 13.8. The monoisotopic (exact) mass is 474 g/mol. The Labute approximate surface area is 167 Å². The Morgan fingerprint density at radius 1 is 1.35 bits per heavy atom. The number of anilines is 1. The summed E-state index contributed by atoms with van der Waals surface area (Å²) >= 11 is 3.83. The van der Waals surface area contributed by atoms with E-state index in [2.05, 4.69) is 45.7 Å². The van der Waals surface area contributed by atoms with Gasteiger partial charge >= 0.3 is 0 Å². The second-order valence-electron chi connectivity index (χ2n) is 6.08. The van der Waals surface area contributed by atoms with E-state index in [0.717, 1.165) is 39.1 Å². The van der Waals surface area contributed by atoms with E-state index in [1.54, 1.807) is 17.5 Å². The standard InChI is InChI=1S/C19H15IN4OS/c1-11-16(19(25)24(23-11)13-7-5-12(20)6-8-13)10-22-18-15(9-21)14-3-2-4-17(14)26-18/h5-8,10,22-23H,1-4H2. The Bertz CT molecular complexity index is 1190. The third kappa shape index (κ3) is 2.89. The van der Waals surface area contributed by atoms with E-state index >= 15 is 0 Å². The van der Waals surface area contributed by atoms with Gasteiger partial charge in [-0.25, -0.2) is 4.68 Å². The van der Waals surface area contributed by atoms with Crippen LogP contribution in [-0.2, 0) is 12.8 Å². The number of thiophene rings is 1. The van der Waals surface area contributed by atoms with Crippen LogP contribution in [0.5, 0.6) is 0 Å². The molecule has 26 heavy (non-hydrogen) atoms. The molecular weight excluding hydrogens is 459 g/mol. The molecule has 0 bridgehead atoms. The maximum Gasteiger partial charge on any atom is 0.280 e. The molecule has 0 amide bonds. The topological polar surface area (TPSA) is 73.6 Å². The number of fused-ring (bicyclic) bond motifs is 1. The molecule has 2 heterocycles. The Hall–Kier alpha value is -2.31. The number of aromatic nitrogens is 2. The number of H-pyrrole nitrogens is 1. The van der Waals surface area contributed by atoms with E-state index in [1.807, 2.05) is 24.3 Å². The highest BCUT2D eigenvalue weighted by atomic mass is 127. The first-order valence-corrected chi connectivity index (χ1v) is 10.1. The van der Waals surface area contributed by atoms with Gasteiger partial charge in [0.2, 0.25) is 0 Å². The molecule has 0 fully saturated rings. The van der Waals surface area contributed by atoms with E-state index in [-0.39, 0.29) is 5.56 Å². The van der Waals surface area contributed by atoms with Gasteiger partial charge in [-0.2, -0.15) is 5.26 Å². The van der Waals surface area contributed by atoms with Crippen LogP contribution in [0.1, 0.15) is 22.4 Å². The highest BCUT2D eigenvalue weighted by Gasteiger charge is 2.21. The fourth-order valence-electron chi connectivity index (χ4n) is 3.18. The van der Waals surface area contributed by atoms with Gasteiger partial charge in [0, 0.05) is 14.6 Å². The van der Waals surface area contributed by atoms with Gasteiger partial charge in [-0.15, -0.1) is 11.3 Å². The average molecular weight is 474 g/mol. The van der Waals surface area contributed by atoms with Gasteiger partial charge in [0.25, 0.3) is 5.56 Å². The summed E-state index contributed by atoms with van der Waals surface area (Å²) in [5.41, 5.74) is 2.45. The number of nitrogens with zero attached hydrogens (tertiary/aromatic N) is 2. The van der Waals surface area contributed by atoms with Crippen molar-refractivity contribution in [2.75, 3.05) is 5.32 Å². The number of nitriles is 1. The van der Waals surface area contributed by atoms with Gasteiger partial charge in [-0.1, -0.05) is 6.58 Å². The van der Waals surface area contributed by atoms with Crippen molar-refractivity contribution in [2.24, 2.45) is 0 Å². The molecule has 0 atom stereocenters. The molecule has 1 aliphatic rings. The third-order valence-corrected chi connectivity index (χ3v) is 6.41. The molecule has 0 saturated carbocycles. The van der Waals surface area contributed by atoms with Crippen LogP contribution in [0.4, 0.5) is 5.00 Å². The summed E-state index contributed by atoms with van der Waals surface area (Å²) < 4.78 is 2.58. The van der Waals surface area contributed by atoms with Crippen molar-refractivity contribution in [3.05, 3.63) is 64.8 Å². The molecular formula is C19H15IN4OS. The lowest BCUT2D eigenvalue weighted by Gasteiger charge is -2.00. The summed E-state index contributed by atoms with van der Waals surface area (Å²) in [7, 11) is 0. The lowest BCUT2D eigenvalue weighted by molar-refractivity contribution is 0.838. The van der Waals surface area contributed by atoms with E-state index in [4.69, 9.17) is 0 Å². The van der Waals surface area contributed by atoms with Crippen LogP contribution < -0.4 is 21.4 Å². The van der Waals surface area contributed by atoms with Gasteiger partial charge in [0.1, 0.15) is 11.1 Å². The van der Waals surface area contributed by atoms with Crippen molar-refractivity contribution in [3.8, 4) is 11.8 Å². The summed E-state index contributed by atoms with van der Waals surface area (Å²) in [6.45, 7) is 3.94. The number of hydrogen-bond donors (Lipinski definition) is 2. The number of halogens is 1. The Morgan fingerprint density at radius 3 is 2.85 bits per heavy atom. The number of aromatic amines is 1. The highest BCUT2D eigenvalue weighted by molar-refractivity contribution is 14.1. The molecule has 2 N–H and O–H groups in total. The molecule has 3 aromatic rings. The molecule has 4 rings (SSSR count). The van der Waals surface area contributed by atoms with Gasteiger partial charge in [-0.3, -0.25) is 9.89 Å². The number of hydrogen-bond acceptors (Lipinski definition) is 4. The SMILES string of the molecule is C=c1[nH]n(-c2ccc(I)cc2)c(=O)c1=CNc1sc2c(c1C#N)CCC2. The Kier molecular flexibility index (Phi) is 4.46. The molecule has 2 aromatic heterocycles. The lowest BCUT2D eigenvalue weighted by atomic mass is 10.1. The largest absolute Gasteiger partial charge is 0.352 e. The summed E-state index contributed by atoms with van der Waals surface area (Å²) in [5, 5.41) is 17.4. The molecule has 5 nitrogen and oxygen atoms in total. The van der Waals surface area contributed by atoms with Gasteiger partial charge < -0.3 is 5.32 Å². The molecule has 1 aromatic carbocycles. The van der Waals surface area contributed by atoms with Crippen LogP contribution in [0.15, 0.2) is 29.1 Å². The van der Waals surface area contributed by atoms with Crippen LogP contribution in [0.25, 0.3) is 18.5 Å². The molecule has 130 valence electrons. The fourth-order valence-corrected chi connectivity index (χ4v) is 4.75. The average Bonchev–Trinajstić information content (AvgIpc) is 3.28. The van der Waals surface area contributed by atoms with Crippen molar-refractivity contribution in [3.63, 3.8) is 0 Å². The second-order valence-corrected chi connectivity index (χ2v) is 8.43. The minimum Gasteiger partial charge on any atom is -0.352 e. The van der Waals surface area contributed by atoms with Crippen molar-refractivity contribution < 1.29 is 0 Å². The minimum absolute atomic E-state index is 0.175. The van der Waals surface area contributed by atoms with E-state index in [9.17, 15) is 10.1 Å². The van der Waals surface area contributed by atoms with Gasteiger partial charge in [0.15, 0.2) is 0 Å². The first-order chi connectivity index (χ1) is 12.6. The van der Waals surface area contributed by atoms with Crippen LogP contribution in [0.3, 0.4) is 0 Å². The van der Waals surface area contributed by atoms with Crippen molar-refractivity contribution >= 4 is 51.7 Å².